The van der Waals surface area contributed by atoms with Gasteiger partial charge in [0.2, 0.25) is 0 Å². The number of benzene rings is 1. The van der Waals surface area contributed by atoms with Crippen LogP contribution < -0.4 is 15.1 Å². The topological polar surface area (TPSA) is 61.8 Å². The first-order valence-electron chi connectivity index (χ1n) is 8.34. The van der Waals surface area contributed by atoms with Gasteiger partial charge in [-0.1, -0.05) is 23.7 Å². The zero-order valence-corrected chi connectivity index (χ0v) is 15.4. The molecule has 0 bridgehead atoms. The second-order valence-electron chi connectivity index (χ2n) is 6.26. The Hall–Kier alpha value is -1.91. The number of rotatable bonds is 5. The molecule has 7 heteroatoms. The number of nitriles is 1. The van der Waals surface area contributed by atoms with Crippen molar-refractivity contribution in [2.75, 3.05) is 38.0 Å². The molecule has 3 N–H and O–H groups in total. The van der Waals surface area contributed by atoms with Gasteiger partial charge in [0.15, 0.2) is 6.54 Å². The Morgan fingerprint density at radius 1 is 1.16 bits per heavy atom. The van der Waals surface area contributed by atoms with Crippen molar-refractivity contribution in [3.8, 4) is 6.07 Å². The first-order valence-corrected chi connectivity index (χ1v) is 9.54. The molecular weight excluding hydrogens is 356 g/mol. The lowest BCUT2D eigenvalue weighted by molar-refractivity contribution is -1.01. The number of carbonyl (C=O) groups excluding carboxylic acids is 1. The summed E-state index contributed by atoms with van der Waals surface area (Å²) in [6.07, 6.45) is 0. The zero-order valence-electron chi connectivity index (χ0n) is 13.8. The average Bonchev–Trinajstić information content (AvgIpc) is 3.02. The fourth-order valence-electron chi connectivity index (χ4n) is 3.11. The highest BCUT2D eigenvalue weighted by molar-refractivity contribution is 7.16. The van der Waals surface area contributed by atoms with E-state index in [4.69, 9.17) is 16.9 Å². The minimum Gasteiger partial charge on any atom is -0.321 e. The van der Waals surface area contributed by atoms with Gasteiger partial charge >= 0.3 is 0 Å². The first kappa shape index (κ1) is 17.9. The largest absolute Gasteiger partial charge is 0.321 e. The molecule has 3 rings (SSSR count). The minimum atomic E-state index is -0.0359. The molecule has 0 unspecified atom stereocenters. The van der Waals surface area contributed by atoms with Gasteiger partial charge in [0.05, 0.1) is 20.5 Å². The molecule has 0 atom stereocenters. The summed E-state index contributed by atoms with van der Waals surface area (Å²) in [5, 5.41) is 11.9. The summed E-state index contributed by atoms with van der Waals surface area (Å²) in [6.45, 7) is 5.49. The van der Waals surface area contributed by atoms with Crippen LogP contribution in [0, 0.1) is 11.3 Å². The molecule has 5 nitrogen and oxygen atoms in total. The molecule has 1 amide bonds. The van der Waals surface area contributed by atoms with Crippen molar-refractivity contribution >= 4 is 34.5 Å². The summed E-state index contributed by atoms with van der Waals surface area (Å²) in [4.78, 5) is 16.4. The van der Waals surface area contributed by atoms with Gasteiger partial charge < -0.3 is 15.1 Å². The van der Waals surface area contributed by atoms with E-state index >= 15 is 0 Å². The molecule has 0 saturated carbocycles. The second kappa shape index (κ2) is 8.45. The minimum absolute atomic E-state index is 0.0359. The third-order valence-corrected chi connectivity index (χ3v) is 5.68. The number of carbonyl (C=O) groups is 1. The fourth-order valence-corrected chi connectivity index (χ4v) is 4.27. The number of quaternary nitrogens is 2. The molecule has 1 aliphatic heterocycles. The maximum absolute atomic E-state index is 12.3. The highest BCUT2D eigenvalue weighted by atomic mass is 35.5. The lowest BCUT2D eigenvalue weighted by atomic mass is 10.2. The zero-order chi connectivity index (χ0) is 17.6. The molecule has 2 heterocycles. The number of amides is 1. The van der Waals surface area contributed by atoms with Crippen LogP contribution in [0.25, 0.3) is 0 Å². The predicted octanol–water partition coefficient (Wildman–Crippen LogP) is 0.195. The summed E-state index contributed by atoms with van der Waals surface area (Å²) >= 11 is 7.63. The van der Waals surface area contributed by atoms with Crippen molar-refractivity contribution in [3.05, 3.63) is 51.2 Å². The number of anilines is 1. The number of nitrogens with zero attached hydrogens (tertiary/aromatic N) is 1. The van der Waals surface area contributed by atoms with E-state index in [1.54, 1.807) is 29.5 Å². The summed E-state index contributed by atoms with van der Waals surface area (Å²) in [5.74, 6) is -0.0359. The molecule has 2 aromatic rings. The van der Waals surface area contributed by atoms with E-state index in [0.717, 1.165) is 37.1 Å². The van der Waals surface area contributed by atoms with Gasteiger partial charge in [-0.25, -0.2) is 0 Å². The Labute approximate surface area is 156 Å². The number of para-hydroxylation sites is 1. The van der Waals surface area contributed by atoms with Crippen molar-refractivity contribution in [2.45, 2.75) is 6.54 Å². The fraction of sp³-hybridized carbons (Fsp3) is 0.333. The summed E-state index contributed by atoms with van der Waals surface area (Å²) < 4.78 is 0.841. The smallest absolute Gasteiger partial charge is 0.279 e. The monoisotopic (exact) mass is 376 g/mol. The molecule has 0 spiro atoms. The van der Waals surface area contributed by atoms with Gasteiger partial charge in [-0.05, 0) is 24.3 Å². The predicted molar refractivity (Wildman–Crippen MR) is 99.1 cm³/mol. The van der Waals surface area contributed by atoms with Crippen molar-refractivity contribution < 1.29 is 14.6 Å². The second-order valence-corrected chi connectivity index (χ2v) is 8.06. The lowest BCUT2D eigenvalue weighted by Crippen LogP contribution is -3.28. The average molecular weight is 377 g/mol. The molecule has 1 saturated heterocycles. The quantitative estimate of drug-likeness (QED) is 0.698. The third kappa shape index (κ3) is 5.03. The van der Waals surface area contributed by atoms with E-state index in [0.29, 0.717) is 17.8 Å². The van der Waals surface area contributed by atoms with E-state index in [9.17, 15) is 4.79 Å². The number of nitrogens with one attached hydrogen (secondary N) is 3. The molecule has 1 fully saturated rings. The molecule has 0 aliphatic carbocycles. The number of halogens is 1. The number of piperazine rings is 1. The van der Waals surface area contributed by atoms with Crippen LogP contribution in [0.15, 0.2) is 36.4 Å². The van der Waals surface area contributed by atoms with Crippen LogP contribution in [0.4, 0.5) is 5.69 Å². The highest BCUT2D eigenvalue weighted by Gasteiger charge is 2.25. The molecule has 1 aromatic carbocycles. The van der Waals surface area contributed by atoms with Crippen LogP contribution in [0.5, 0.6) is 0 Å². The van der Waals surface area contributed by atoms with E-state index in [1.807, 2.05) is 12.1 Å². The van der Waals surface area contributed by atoms with Crippen LogP contribution in [0.1, 0.15) is 10.4 Å². The van der Waals surface area contributed by atoms with Crippen molar-refractivity contribution in [1.82, 2.24) is 0 Å². The highest BCUT2D eigenvalue weighted by Crippen LogP contribution is 2.20. The van der Waals surface area contributed by atoms with Gasteiger partial charge in [0, 0.05) is 0 Å². The normalized spacial score (nSPS) is 20.0. The number of hydrogen-bond donors (Lipinski definition) is 3. The number of hydrogen-bond acceptors (Lipinski definition) is 3. The molecule has 25 heavy (non-hydrogen) atoms. The Kier molecular flexibility index (Phi) is 6.05. The van der Waals surface area contributed by atoms with Gasteiger partial charge in [-0.2, -0.15) is 5.26 Å². The maximum atomic E-state index is 12.3. The summed E-state index contributed by atoms with van der Waals surface area (Å²) in [7, 11) is 0. The van der Waals surface area contributed by atoms with Crippen LogP contribution >= 0.6 is 22.9 Å². The van der Waals surface area contributed by atoms with Gasteiger partial charge in [-0.3, -0.25) is 4.79 Å². The van der Waals surface area contributed by atoms with E-state index < -0.39 is 0 Å². The van der Waals surface area contributed by atoms with Gasteiger partial charge in [0.1, 0.15) is 38.8 Å². The number of thiophene rings is 1. The van der Waals surface area contributed by atoms with Crippen LogP contribution in [-0.4, -0.2) is 38.6 Å². The van der Waals surface area contributed by atoms with E-state index in [2.05, 4.69) is 17.5 Å². The SMILES string of the molecule is N#Cc1ccccc1NC(=O)C[NH+]1CC[NH+](Cc2ccc(Cl)s2)CC1. The Balaban J connectivity index is 1.45. The summed E-state index contributed by atoms with van der Waals surface area (Å²) in [5.41, 5.74) is 1.09. The van der Waals surface area contributed by atoms with E-state index in [-0.39, 0.29) is 5.91 Å². The van der Waals surface area contributed by atoms with Crippen LogP contribution in [0.3, 0.4) is 0 Å². The van der Waals surface area contributed by atoms with Crippen molar-refractivity contribution in [2.24, 2.45) is 0 Å². The van der Waals surface area contributed by atoms with Crippen molar-refractivity contribution in [3.63, 3.8) is 0 Å². The molecule has 1 aliphatic rings. The van der Waals surface area contributed by atoms with Crippen LogP contribution in [0.2, 0.25) is 4.34 Å². The standard InChI is InChI=1S/C18H19ClN4OS/c19-17-6-5-15(25-17)12-22-7-9-23(10-8-22)13-18(24)21-16-4-2-1-3-14(16)11-20/h1-6H,7-10,12-13H2,(H,21,24)/p+2. The molecular formula is C18H21ClN4OS+2. The maximum Gasteiger partial charge on any atom is 0.279 e. The molecule has 130 valence electrons. The van der Waals surface area contributed by atoms with Gasteiger partial charge in [0.25, 0.3) is 5.91 Å². The molecule has 0 radical (unpaired) electrons. The van der Waals surface area contributed by atoms with E-state index in [1.165, 1.54) is 14.7 Å². The Morgan fingerprint density at radius 3 is 2.56 bits per heavy atom. The molecule has 1 aromatic heterocycles. The van der Waals surface area contributed by atoms with Gasteiger partial charge in [-0.15, -0.1) is 11.3 Å². The first-order chi connectivity index (χ1) is 12.1. The van der Waals surface area contributed by atoms with Crippen LogP contribution in [-0.2, 0) is 11.3 Å². The third-order valence-electron chi connectivity index (χ3n) is 4.45. The Bertz CT molecular complexity index is 777. The lowest BCUT2D eigenvalue weighted by Gasteiger charge is -2.29. The van der Waals surface area contributed by atoms with Crippen molar-refractivity contribution in [1.29, 1.82) is 5.26 Å². The summed E-state index contributed by atoms with van der Waals surface area (Å²) in [6, 6.07) is 13.2. The Morgan fingerprint density at radius 2 is 1.88 bits per heavy atom.